The van der Waals surface area contributed by atoms with Crippen LogP contribution in [0, 0.1) is 13.8 Å². The average molecular weight is 455 g/mol. The summed E-state index contributed by atoms with van der Waals surface area (Å²) in [7, 11) is -2.26. The molecule has 0 bridgehead atoms. The van der Waals surface area contributed by atoms with Crippen LogP contribution >= 0.6 is 0 Å². The molecule has 0 heterocycles. The summed E-state index contributed by atoms with van der Waals surface area (Å²) in [4.78, 5) is 12.5. The summed E-state index contributed by atoms with van der Waals surface area (Å²) in [6.07, 6.45) is 0.769. The van der Waals surface area contributed by atoms with Crippen LogP contribution in [-0.4, -0.2) is 41.1 Å². The molecule has 0 aliphatic carbocycles. The molecule has 1 N–H and O–H groups in total. The number of ether oxygens (including phenoxy) is 1. The number of amides is 1. The van der Waals surface area contributed by atoms with Crippen LogP contribution in [0.25, 0.3) is 10.8 Å². The van der Waals surface area contributed by atoms with E-state index < -0.39 is 10.0 Å². The maximum absolute atomic E-state index is 13.7. The second kappa shape index (κ2) is 10.6. The fourth-order valence-corrected chi connectivity index (χ4v) is 5.16. The predicted molar refractivity (Wildman–Crippen MR) is 129 cm³/mol. The Hall–Kier alpha value is -2.90. The van der Waals surface area contributed by atoms with E-state index in [2.05, 4.69) is 5.32 Å². The molecule has 0 aromatic heterocycles. The lowest BCUT2D eigenvalue weighted by atomic mass is 10.1. The summed E-state index contributed by atoms with van der Waals surface area (Å²) in [5.74, 6) is -0.191. The molecule has 0 unspecified atom stereocenters. The summed E-state index contributed by atoms with van der Waals surface area (Å²) in [6.45, 7) is 4.97. The number of hydrogen-bond donors (Lipinski definition) is 1. The van der Waals surface area contributed by atoms with Gasteiger partial charge in [0.1, 0.15) is 0 Å². The van der Waals surface area contributed by atoms with E-state index in [0.717, 1.165) is 21.9 Å². The van der Waals surface area contributed by atoms with E-state index in [4.69, 9.17) is 4.74 Å². The number of nitrogens with zero attached hydrogens (tertiary/aromatic N) is 1. The summed E-state index contributed by atoms with van der Waals surface area (Å²) in [5, 5.41) is 4.65. The van der Waals surface area contributed by atoms with Crippen LogP contribution in [0.15, 0.2) is 65.6 Å². The Morgan fingerprint density at radius 3 is 2.34 bits per heavy atom. The lowest BCUT2D eigenvalue weighted by Crippen LogP contribution is -2.35. The third-order valence-electron chi connectivity index (χ3n) is 5.19. The molecule has 1 amide bonds. The van der Waals surface area contributed by atoms with Crippen molar-refractivity contribution in [2.45, 2.75) is 31.6 Å². The Morgan fingerprint density at radius 1 is 0.969 bits per heavy atom. The van der Waals surface area contributed by atoms with Crippen LogP contribution < -0.4 is 9.62 Å². The summed E-state index contributed by atoms with van der Waals surface area (Å²) in [5.41, 5.74) is 2.48. The maximum atomic E-state index is 13.7. The smallest absolute Gasteiger partial charge is 0.264 e. The number of benzene rings is 3. The van der Waals surface area contributed by atoms with E-state index in [1.54, 1.807) is 19.2 Å². The highest BCUT2D eigenvalue weighted by molar-refractivity contribution is 7.92. The summed E-state index contributed by atoms with van der Waals surface area (Å²) in [6, 6.07) is 18.4. The van der Waals surface area contributed by atoms with Crippen LogP contribution in [0.3, 0.4) is 0 Å². The molecule has 0 saturated carbocycles. The van der Waals surface area contributed by atoms with Gasteiger partial charge in [0, 0.05) is 33.2 Å². The largest absolute Gasteiger partial charge is 0.385 e. The van der Waals surface area contributed by atoms with Crippen LogP contribution in [0.1, 0.15) is 24.0 Å². The predicted octanol–water partition coefficient (Wildman–Crippen LogP) is 4.19. The molecular formula is C25H30N2O4S. The third kappa shape index (κ3) is 5.87. The van der Waals surface area contributed by atoms with Crippen molar-refractivity contribution < 1.29 is 17.9 Å². The van der Waals surface area contributed by atoms with Gasteiger partial charge in [-0.2, -0.15) is 0 Å². The zero-order valence-electron chi connectivity index (χ0n) is 18.8. The molecule has 0 fully saturated rings. The number of carbonyl (C=O) groups is 1. The van der Waals surface area contributed by atoms with E-state index in [9.17, 15) is 13.2 Å². The lowest BCUT2D eigenvalue weighted by molar-refractivity contribution is -0.120. The fraction of sp³-hybridized carbons (Fsp3) is 0.320. The van der Waals surface area contributed by atoms with Gasteiger partial charge in [-0.25, -0.2) is 8.42 Å². The first-order valence-corrected chi connectivity index (χ1v) is 12.1. The quantitative estimate of drug-likeness (QED) is 0.466. The number of sulfonamides is 1. The Labute approximate surface area is 190 Å². The maximum Gasteiger partial charge on any atom is 0.264 e. The second-order valence-electron chi connectivity index (χ2n) is 7.88. The number of fused-ring (bicyclic) bond motifs is 1. The minimum Gasteiger partial charge on any atom is -0.385 e. The standard InChI is InChI=1S/C25H30N2O4S/c1-19-15-20(2)17-23(16-19)27(13-11-25(28)26-12-6-14-31-3)32(29,30)24-10-9-21-7-4-5-8-22(21)18-24/h4-5,7-10,15-18H,6,11-14H2,1-3H3,(H,26,28). The van der Waals surface area contributed by atoms with Crippen molar-refractivity contribution in [2.75, 3.05) is 31.1 Å². The van der Waals surface area contributed by atoms with Crippen molar-refractivity contribution in [3.05, 3.63) is 71.8 Å². The molecule has 7 heteroatoms. The Balaban J connectivity index is 1.90. The molecule has 3 aromatic rings. The van der Waals surface area contributed by atoms with Crippen molar-refractivity contribution in [1.82, 2.24) is 5.32 Å². The van der Waals surface area contributed by atoms with Gasteiger partial charge in [-0.1, -0.05) is 36.4 Å². The molecule has 0 atom stereocenters. The van der Waals surface area contributed by atoms with E-state index in [0.29, 0.717) is 25.3 Å². The molecule has 0 saturated heterocycles. The van der Waals surface area contributed by atoms with Crippen LogP contribution in [0.2, 0.25) is 0 Å². The summed E-state index contributed by atoms with van der Waals surface area (Å²) < 4.78 is 33.7. The molecule has 0 aliphatic rings. The minimum absolute atomic E-state index is 0.0498. The Morgan fingerprint density at radius 2 is 1.66 bits per heavy atom. The van der Waals surface area contributed by atoms with Gasteiger partial charge in [0.05, 0.1) is 10.6 Å². The monoisotopic (exact) mass is 454 g/mol. The van der Waals surface area contributed by atoms with Crippen LogP contribution in [-0.2, 0) is 19.6 Å². The highest BCUT2D eigenvalue weighted by Crippen LogP contribution is 2.28. The fourth-order valence-electron chi connectivity index (χ4n) is 3.67. The Kier molecular flexibility index (Phi) is 7.88. The number of anilines is 1. The topological polar surface area (TPSA) is 75.7 Å². The number of hydrogen-bond acceptors (Lipinski definition) is 4. The molecule has 0 radical (unpaired) electrons. The number of rotatable bonds is 10. The van der Waals surface area contributed by atoms with E-state index in [1.807, 2.05) is 62.4 Å². The van der Waals surface area contributed by atoms with Gasteiger partial charge in [-0.15, -0.1) is 0 Å². The first kappa shape index (κ1) is 23.8. The Bertz CT molecular complexity index is 1170. The molecule has 0 spiro atoms. The first-order valence-electron chi connectivity index (χ1n) is 10.7. The van der Waals surface area contributed by atoms with E-state index in [-0.39, 0.29) is 23.8 Å². The van der Waals surface area contributed by atoms with Gasteiger partial charge in [0.2, 0.25) is 5.91 Å². The molecule has 170 valence electrons. The zero-order chi connectivity index (χ0) is 23.1. The number of methoxy groups -OCH3 is 1. The molecule has 3 rings (SSSR count). The molecule has 0 aliphatic heterocycles. The first-order chi connectivity index (χ1) is 15.3. The average Bonchev–Trinajstić information content (AvgIpc) is 2.75. The van der Waals surface area contributed by atoms with Crippen molar-refractivity contribution in [3.8, 4) is 0 Å². The molecule has 3 aromatic carbocycles. The summed E-state index contributed by atoms with van der Waals surface area (Å²) >= 11 is 0. The van der Waals surface area contributed by atoms with E-state index in [1.165, 1.54) is 4.31 Å². The van der Waals surface area contributed by atoms with Gasteiger partial charge in [-0.3, -0.25) is 9.10 Å². The van der Waals surface area contributed by atoms with E-state index >= 15 is 0 Å². The van der Waals surface area contributed by atoms with Gasteiger partial charge < -0.3 is 10.1 Å². The van der Waals surface area contributed by atoms with Gasteiger partial charge in [0.15, 0.2) is 0 Å². The second-order valence-corrected chi connectivity index (χ2v) is 9.74. The minimum atomic E-state index is -3.87. The molecule has 32 heavy (non-hydrogen) atoms. The molecular weight excluding hydrogens is 424 g/mol. The van der Waals surface area contributed by atoms with Crippen molar-refractivity contribution >= 4 is 32.4 Å². The van der Waals surface area contributed by atoms with Crippen molar-refractivity contribution in [3.63, 3.8) is 0 Å². The third-order valence-corrected chi connectivity index (χ3v) is 7.02. The highest BCUT2D eigenvalue weighted by Gasteiger charge is 2.26. The van der Waals surface area contributed by atoms with Gasteiger partial charge >= 0.3 is 0 Å². The SMILES string of the molecule is COCCCNC(=O)CCN(c1cc(C)cc(C)c1)S(=O)(=O)c1ccc2ccccc2c1. The van der Waals surface area contributed by atoms with Crippen molar-refractivity contribution in [1.29, 1.82) is 0 Å². The van der Waals surface area contributed by atoms with Crippen molar-refractivity contribution in [2.24, 2.45) is 0 Å². The lowest BCUT2D eigenvalue weighted by Gasteiger charge is -2.25. The number of aryl methyl sites for hydroxylation is 2. The number of carbonyl (C=O) groups excluding carboxylic acids is 1. The van der Waals surface area contributed by atoms with Crippen LogP contribution in [0.4, 0.5) is 5.69 Å². The zero-order valence-corrected chi connectivity index (χ0v) is 19.6. The normalized spacial score (nSPS) is 11.5. The molecule has 6 nitrogen and oxygen atoms in total. The van der Waals surface area contributed by atoms with Gasteiger partial charge in [0.25, 0.3) is 10.0 Å². The number of nitrogens with one attached hydrogen (secondary N) is 1. The highest BCUT2D eigenvalue weighted by atomic mass is 32.2. The van der Waals surface area contributed by atoms with Gasteiger partial charge in [-0.05, 0) is 66.4 Å². The van der Waals surface area contributed by atoms with Crippen LogP contribution in [0.5, 0.6) is 0 Å².